The van der Waals surface area contributed by atoms with Gasteiger partial charge in [0, 0.05) is 10.9 Å². The normalized spacial score (nSPS) is 10.5. The molecule has 0 spiro atoms. The molecular weight excluding hydrogens is 424 g/mol. The molecule has 0 aliphatic carbocycles. The first-order valence-electron chi connectivity index (χ1n) is 9.88. The molecule has 0 saturated heterocycles. The fourth-order valence-electron chi connectivity index (χ4n) is 3.12. The number of carbonyl (C=O) groups excluding carboxylic acids is 2. The van der Waals surface area contributed by atoms with Gasteiger partial charge >= 0.3 is 5.97 Å². The van der Waals surface area contributed by atoms with Crippen LogP contribution in [0.1, 0.15) is 15.9 Å². The van der Waals surface area contributed by atoms with Gasteiger partial charge in [0.15, 0.2) is 11.7 Å². The molecule has 0 aliphatic rings. The Morgan fingerprint density at radius 1 is 0.938 bits per heavy atom. The maximum Gasteiger partial charge on any atom is 0.342 e. The maximum atomic E-state index is 12.2. The highest BCUT2D eigenvalue weighted by Gasteiger charge is 2.16. The number of hydrogen-bond donors (Lipinski definition) is 2. The fraction of sp³-hybridized carbons (Fsp3) is 0.0800. The highest BCUT2D eigenvalue weighted by molar-refractivity contribution is 7.14. The Labute approximate surface area is 189 Å². The molecule has 0 radical (unpaired) electrons. The summed E-state index contributed by atoms with van der Waals surface area (Å²) in [7, 11) is 0. The summed E-state index contributed by atoms with van der Waals surface area (Å²) in [5.74, 6) is -1.42. The van der Waals surface area contributed by atoms with E-state index in [1.165, 1.54) is 17.4 Å². The Balaban J connectivity index is 1.35. The van der Waals surface area contributed by atoms with Crippen LogP contribution in [-0.2, 0) is 9.53 Å². The molecular formula is C25H20N2O4S. The van der Waals surface area contributed by atoms with E-state index in [1.54, 1.807) is 19.1 Å². The van der Waals surface area contributed by atoms with E-state index in [-0.39, 0.29) is 11.3 Å². The van der Waals surface area contributed by atoms with Gasteiger partial charge in [0.2, 0.25) is 0 Å². The lowest BCUT2D eigenvalue weighted by Crippen LogP contribution is -2.21. The number of thiazole rings is 1. The van der Waals surface area contributed by atoms with Crippen molar-refractivity contribution >= 4 is 28.3 Å². The summed E-state index contributed by atoms with van der Waals surface area (Å²) in [4.78, 5) is 28.7. The quantitative estimate of drug-likeness (QED) is 0.395. The lowest BCUT2D eigenvalue weighted by molar-refractivity contribution is -0.119. The molecule has 0 unspecified atom stereocenters. The highest BCUT2D eigenvalue weighted by Crippen LogP contribution is 2.28. The molecule has 1 heterocycles. The number of anilines is 1. The molecule has 32 heavy (non-hydrogen) atoms. The van der Waals surface area contributed by atoms with Gasteiger partial charge in [-0.15, -0.1) is 11.3 Å². The van der Waals surface area contributed by atoms with Crippen molar-refractivity contribution in [3.8, 4) is 28.1 Å². The number of aromatic hydroxyl groups is 1. The molecule has 0 aliphatic heterocycles. The van der Waals surface area contributed by atoms with Gasteiger partial charge in [-0.1, -0.05) is 66.7 Å². The number of aryl methyl sites for hydroxylation is 1. The molecule has 0 bridgehead atoms. The number of nitrogens with zero attached hydrogens (tertiary/aromatic N) is 1. The van der Waals surface area contributed by atoms with Crippen molar-refractivity contribution in [2.24, 2.45) is 0 Å². The summed E-state index contributed by atoms with van der Waals surface area (Å²) in [5, 5.41) is 14.8. The van der Waals surface area contributed by atoms with Crippen LogP contribution < -0.4 is 5.32 Å². The molecule has 0 atom stereocenters. The third-order valence-corrected chi connectivity index (χ3v) is 5.59. The van der Waals surface area contributed by atoms with E-state index in [9.17, 15) is 14.7 Å². The van der Waals surface area contributed by atoms with Gasteiger partial charge in [0.1, 0.15) is 11.3 Å². The van der Waals surface area contributed by atoms with Crippen molar-refractivity contribution in [1.82, 2.24) is 4.98 Å². The average Bonchev–Trinajstić information content (AvgIpc) is 3.28. The number of benzene rings is 3. The van der Waals surface area contributed by atoms with E-state index < -0.39 is 18.5 Å². The molecule has 0 saturated carbocycles. The van der Waals surface area contributed by atoms with Crippen LogP contribution in [0.25, 0.3) is 22.4 Å². The summed E-state index contributed by atoms with van der Waals surface area (Å²) in [5.41, 5.74) is 4.50. The Hall–Kier alpha value is -3.97. The highest BCUT2D eigenvalue weighted by atomic mass is 32.1. The number of nitrogens with one attached hydrogen (secondary N) is 1. The van der Waals surface area contributed by atoms with Crippen LogP contribution in [-0.4, -0.2) is 28.6 Å². The second-order valence-electron chi connectivity index (χ2n) is 7.08. The van der Waals surface area contributed by atoms with Gasteiger partial charge in [0.25, 0.3) is 5.91 Å². The number of rotatable bonds is 6. The zero-order chi connectivity index (χ0) is 22.5. The smallest absolute Gasteiger partial charge is 0.342 e. The number of para-hydroxylation sites is 1. The Kier molecular flexibility index (Phi) is 6.28. The topological polar surface area (TPSA) is 88.5 Å². The predicted molar refractivity (Wildman–Crippen MR) is 125 cm³/mol. The second-order valence-corrected chi connectivity index (χ2v) is 7.93. The Morgan fingerprint density at radius 3 is 2.38 bits per heavy atom. The monoisotopic (exact) mass is 444 g/mol. The molecule has 4 rings (SSSR count). The van der Waals surface area contributed by atoms with Gasteiger partial charge in [0.05, 0.1) is 5.69 Å². The minimum atomic E-state index is -0.764. The van der Waals surface area contributed by atoms with E-state index in [0.717, 1.165) is 22.4 Å². The van der Waals surface area contributed by atoms with Gasteiger partial charge in [-0.25, -0.2) is 9.78 Å². The molecule has 3 aromatic carbocycles. The third-order valence-electron chi connectivity index (χ3n) is 4.83. The zero-order valence-corrected chi connectivity index (χ0v) is 18.1. The van der Waals surface area contributed by atoms with Crippen molar-refractivity contribution in [1.29, 1.82) is 0 Å². The van der Waals surface area contributed by atoms with Gasteiger partial charge in [-0.2, -0.15) is 0 Å². The standard InChI is InChI=1S/C25H20N2O4S/c1-16-6-5-9-20(23(16)29)24(30)31-14-22(28)27-25-26-21(15-32-25)19-12-10-18(11-13-19)17-7-3-2-4-8-17/h2-13,15,29H,14H2,1H3,(H,26,27,28). The van der Waals surface area contributed by atoms with Crippen molar-refractivity contribution in [3.63, 3.8) is 0 Å². The minimum Gasteiger partial charge on any atom is -0.507 e. The van der Waals surface area contributed by atoms with Crippen molar-refractivity contribution in [2.75, 3.05) is 11.9 Å². The number of esters is 1. The van der Waals surface area contributed by atoms with Crippen LogP contribution in [0.5, 0.6) is 5.75 Å². The number of amides is 1. The predicted octanol–water partition coefficient (Wildman–Crippen LogP) is 5.29. The maximum absolute atomic E-state index is 12.2. The molecule has 1 amide bonds. The summed E-state index contributed by atoms with van der Waals surface area (Å²) >= 11 is 1.28. The summed E-state index contributed by atoms with van der Waals surface area (Å²) in [6.45, 7) is 1.20. The lowest BCUT2D eigenvalue weighted by atomic mass is 10.0. The van der Waals surface area contributed by atoms with Crippen molar-refractivity contribution < 1.29 is 19.4 Å². The lowest BCUT2D eigenvalue weighted by Gasteiger charge is -2.07. The SMILES string of the molecule is Cc1cccc(C(=O)OCC(=O)Nc2nc(-c3ccc(-c4ccccc4)cc3)cs2)c1O. The molecule has 4 aromatic rings. The van der Waals surface area contributed by atoms with Gasteiger partial charge < -0.3 is 9.84 Å². The van der Waals surface area contributed by atoms with E-state index >= 15 is 0 Å². The molecule has 1 aromatic heterocycles. The van der Waals surface area contributed by atoms with E-state index in [1.807, 2.05) is 47.8 Å². The van der Waals surface area contributed by atoms with E-state index in [0.29, 0.717) is 10.7 Å². The second kappa shape index (κ2) is 9.45. The largest absolute Gasteiger partial charge is 0.507 e. The van der Waals surface area contributed by atoms with E-state index in [2.05, 4.69) is 22.4 Å². The molecule has 0 fully saturated rings. The van der Waals surface area contributed by atoms with Crippen LogP contribution in [0.4, 0.5) is 5.13 Å². The van der Waals surface area contributed by atoms with Crippen molar-refractivity contribution in [3.05, 3.63) is 89.3 Å². The van der Waals surface area contributed by atoms with Crippen LogP contribution in [0, 0.1) is 6.92 Å². The van der Waals surface area contributed by atoms with Crippen LogP contribution in [0.2, 0.25) is 0 Å². The summed E-state index contributed by atoms with van der Waals surface area (Å²) < 4.78 is 5.01. The minimum absolute atomic E-state index is 0.0216. The van der Waals surface area contributed by atoms with Crippen LogP contribution in [0.15, 0.2) is 78.2 Å². The first-order valence-corrected chi connectivity index (χ1v) is 10.8. The van der Waals surface area contributed by atoms with E-state index in [4.69, 9.17) is 4.74 Å². The number of phenols is 1. The molecule has 7 heteroatoms. The first-order chi connectivity index (χ1) is 15.5. The zero-order valence-electron chi connectivity index (χ0n) is 17.2. The first kappa shape index (κ1) is 21.3. The fourth-order valence-corrected chi connectivity index (χ4v) is 3.85. The number of ether oxygens (including phenoxy) is 1. The molecule has 2 N–H and O–H groups in total. The average molecular weight is 445 g/mol. The Bertz CT molecular complexity index is 1250. The summed E-state index contributed by atoms with van der Waals surface area (Å²) in [6, 6.07) is 22.9. The third kappa shape index (κ3) is 4.84. The number of hydrogen-bond acceptors (Lipinski definition) is 6. The Morgan fingerprint density at radius 2 is 1.62 bits per heavy atom. The van der Waals surface area contributed by atoms with Crippen LogP contribution in [0.3, 0.4) is 0 Å². The van der Waals surface area contributed by atoms with Gasteiger partial charge in [-0.05, 0) is 29.7 Å². The number of aromatic nitrogens is 1. The number of phenolic OH excluding ortho intramolecular Hbond substituents is 1. The van der Waals surface area contributed by atoms with Crippen LogP contribution >= 0.6 is 11.3 Å². The number of carbonyl (C=O) groups is 2. The summed E-state index contributed by atoms with van der Waals surface area (Å²) in [6.07, 6.45) is 0. The van der Waals surface area contributed by atoms with Crippen molar-refractivity contribution in [2.45, 2.75) is 6.92 Å². The molecule has 160 valence electrons. The van der Waals surface area contributed by atoms with Gasteiger partial charge in [-0.3, -0.25) is 10.1 Å². The molecule has 6 nitrogen and oxygen atoms in total.